The van der Waals surface area contributed by atoms with E-state index in [-0.39, 0.29) is 11.9 Å². The van der Waals surface area contributed by atoms with E-state index in [1.807, 2.05) is 11.0 Å². The maximum Gasteiger partial charge on any atom is 0.254 e. The Balaban J connectivity index is 1.51. The van der Waals surface area contributed by atoms with E-state index in [0.29, 0.717) is 16.6 Å². The number of carbonyl (C=O) groups is 1. The van der Waals surface area contributed by atoms with Gasteiger partial charge in [-0.15, -0.1) is 0 Å². The molecule has 128 valence electrons. The molecule has 7 nitrogen and oxygen atoms in total. The van der Waals surface area contributed by atoms with Gasteiger partial charge in [-0.2, -0.15) is 0 Å². The summed E-state index contributed by atoms with van der Waals surface area (Å²) in [6.45, 7) is 5.24. The van der Waals surface area contributed by atoms with Crippen molar-refractivity contribution < 1.29 is 14.2 Å². The Bertz CT molecular complexity index is 711. The molecule has 24 heavy (non-hydrogen) atoms. The van der Waals surface area contributed by atoms with Gasteiger partial charge >= 0.3 is 0 Å². The molecular formula is C17H22N4O3. The average Bonchev–Trinajstić information content (AvgIpc) is 3.10. The minimum atomic E-state index is 0.0814. The van der Waals surface area contributed by atoms with Crippen molar-refractivity contribution in [1.82, 2.24) is 20.1 Å². The summed E-state index contributed by atoms with van der Waals surface area (Å²) < 4.78 is 10.1. The SMILES string of the molecule is O=C(c1ccc2nonc2c1)N1CCCCC1CN1CCOCC1. The van der Waals surface area contributed by atoms with Crippen LogP contribution in [0.25, 0.3) is 11.0 Å². The summed E-state index contributed by atoms with van der Waals surface area (Å²) in [5, 5.41) is 7.63. The molecule has 1 aromatic carbocycles. The first-order chi connectivity index (χ1) is 11.8. The highest BCUT2D eigenvalue weighted by Gasteiger charge is 2.29. The lowest BCUT2D eigenvalue weighted by atomic mass is 10.00. The van der Waals surface area contributed by atoms with Gasteiger partial charge in [-0.1, -0.05) is 0 Å². The molecule has 0 radical (unpaired) electrons. The maximum absolute atomic E-state index is 13.0. The van der Waals surface area contributed by atoms with E-state index in [1.54, 1.807) is 12.1 Å². The Kier molecular flexibility index (Phi) is 4.44. The number of likely N-dealkylation sites (tertiary alicyclic amines) is 1. The molecule has 3 heterocycles. The quantitative estimate of drug-likeness (QED) is 0.850. The van der Waals surface area contributed by atoms with Crippen molar-refractivity contribution in [2.45, 2.75) is 25.3 Å². The van der Waals surface area contributed by atoms with Crippen molar-refractivity contribution >= 4 is 16.9 Å². The standard InChI is InChI=1S/C17H22N4O3/c22-17(13-4-5-15-16(11-13)19-24-18-15)21-6-2-1-3-14(21)12-20-7-9-23-10-8-20/h4-5,11,14H,1-3,6-10,12H2. The van der Waals surface area contributed by atoms with E-state index in [9.17, 15) is 4.79 Å². The van der Waals surface area contributed by atoms with Crippen molar-refractivity contribution in [3.05, 3.63) is 23.8 Å². The highest BCUT2D eigenvalue weighted by Crippen LogP contribution is 2.22. The predicted octanol–water partition coefficient (Wildman–Crippen LogP) is 1.55. The van der Waals surface area contributed by atoms with Crippen LogP contribution in [0.4, 0.5) is 0 Å². The van der Waals surface area contributed by atoms with Crippen molar-refractivity contribution in [2.24, 2.45) is 0 Å². The van der Waals surface area contributed by atoms with Crippen molar-refractivity contribution in [2.75, 3.05) is 39.4 Å². The molecule has 2 aliphatic rings. The fourth-order valence-corrected chi connectivity index (χ4v) is 3.62. The fourth-order valence-electron chi connectivity index (χ4n) is 3.62. The number of fused-ring (bicyclic) bond motifs is 1. The molecule has 0 saturated carbocycles. The Hall–Kier alpha value is -1.99. The van der Waals surface area contributed by atoms with Gasteiger partial charge in [-0.3, -0.25) is 9.69 Å². The lowest BCUT2D eigenvalue weighted by Crippen LogP contribution is -2.51. The third-order valence-electron chi connectivity index (χ3n) is 4.96. The molecule has 7 heteroatoms. The molecule has 0 N–H and O–H groups in total. The Labute approximate surface area is 140 Å². The smallest absolute Gasteiger partial charge is 0.254 e. The number of hydrogen-bond donors (Lipinski definition) is 0. The van der Waals surface area contributed by atoms with Gasteiger partial charge in [-0.25, -0.2) is 4.63 Å². The molecule has 2 aliphatic heterocycles. The monoisotopic (exact) mass is 330 g/mol. The molecular weight excluding hydrogens is 308 g/mol. The topological polar surface area (TPSA) is 71.7 Å². The van der Waals surface area contributed by atoms with Crippen LogP contribution in [0.2, 0.25) is 0 Å². The van der Waals surface area contributed by atoms with Crippen molar-refractivity contribution in [3.8, 4) is 0 Å². The molecule has 1 atom stereocenters. The Morgan fingerprint density at radius 2 is 1.96 bits per heavy atom. The summed E-state index contributed by atoms with van der Waals surface area (Å²) in [5.41, 5.74) is 1.96. The number of hydrogen-bond acceptors (Lipinski definition) is 6. The van der Waals surface area contributed by atoms with Crippen molar-refractivity contribution in [3.63, 3.8) is 0 Å². The minimum Gasteiger partial charge on any atom is -0.379 e. The summed E-state index contributed by atoms with van der Waals surface area (Å²) >= 11 is 0. The number of piperidine rings is 1. The van der Waals surface area contributed by atoms with Crippen LogP contribution in [0, 0.1) is 0 Å². The first-order valence-electron chi connectivity index (χ1n) is 8.65. The predicted molar refractivity (Wildman–Crippen MR) is 87.7 cm³/mol. The van der Waals surface area contributed by atoms with Crippen LogP contribution < -0.4 is 0 Å². The van der Waals surface area contributed by atoms with Crippen LogP contribution in [0.3, 0.4) is 0 Å². The zero-order valence-electron chi connectivity index (χ0n) is 13.7. The Morgan fingerprint density at radius 1 is 1.12 bits per heavy atom. The number of rotatable bonds is 3. The normalized spacial score (nSPS) is 22.8. The molecule has 4 rings (SSSR count). The summed E-state index contributed by atoms with van der Waals surface area (Å²) in [5.74, 6) is 0.0814. The summed E-state index contributed by atoms with van der Waals surface area (Å²) in [4.78, 5) is 17.5. The number of amides is 1. The third-order valence-corrected chi connectivity index (χ3v) is 4.96. The number of aromatic nitrogens is 2. The third kappa shape index (κ3) is 3.14. The molecule has 2 aromatic rings. The van der Waals surface area contributed by atoms with Crippen LogP contribution in [-0.4, -0.2) is 71.5 Å². The molecule has 2 saturated heterocycles. The molecule has 0 aliphatic carbocycles. The van der Waals surface area contributed by atoms with Gasteiger partial charge in [0.05, 0.1) is 13.2 Å². The lowest BCUT2D eigenvalue weighted by molar-refractivity contribution is 0.0166. The van der Waals surface area contributed by atoms with Crippen LogP contribution in [0.5, 0.6) is 0 Å². The van der Waals surface area contributed by atoms with Gasteiger partial charge < -0.3 is 9.64 Å². The number of carbonyl (C=O) groups excluding carboxylic acids is 1. The largest absolute Gasteiger partial charge is 0.379 e. The highest BCUT2D eigenvalue weighted by molar-refractivity contribution is 5.97. The second kappa shape index (κ2) is 6.86. The van der Waals surface area contributed by atoms with E-state index < -0.39 is 0 Å². The van der Waals surface area contributed by atoms with Gasteiger partial charge in [0.1, 0.15) is 11.0 Å². The second-order valence-corrected chi connectivity index (χ2v) is 6.53. The van der Waals surface area contributed by atoms with E-state index in [2.05, 4.69) is 15.2 Å². The van der Waals surface area contributed by atoms with Gasteiger partial charge in [-0.05, 0) is 47.8 Å². The van der Waals surface area contributed by atoms with Crippen LogP contribution >= 0.6 is 0 Å². The number of morpholine rings is 1. The van der Waals surface area contributed by atoms with E-state index in [4.69, 9.17) is 9.37 Å². The number of benzene rings is 1. The van der Waals surface area contributed by atoms with Crippen LogP contribution in [0.15, 0.2) is 22.8 Å². The minimum absolute atomic E-state index is 0.0814. The molecule has 0 bridgehead atoms. The molecule has 1 unspecified atom stereocenters. The average molecular weight is 330 g/mol. The highest BCUT2D eigenvalue weighted by atomic mass is 16.6. The molecule has 0 spiro atoms. The summed E-state index contributed by atoms with van der Waals surface area (Å²) in [6, 6.07) is 5.65. The first kappa shape index (κ1) is 15.5. The number of ether oxygens (including phenoxy) is 1. The van der Waals surface area contributed by atoms with Gasteiger partial charge in [0.25, 0.3) is 5.91 Å². The number of nitrogens with zero attached hydrogens (tertiary/aromatic N) is 4. The van der Waals surface area contributed by atoms with Gasteiger partial charge in [0.15, 0.2) is 0 Å². The molecule has 1 aromatic heterocycles. The van der Waals surface area contributed by atoms with E-state index in [0.717, 1.165) is 52.2 Å². The lowest BCUT2D eigenvalue weighted by Gasteiger charge is -2.39. The van der Waals surface area contributed by atoms with Crippen LogP contribution in [0.1, 0.15) is 29.6 Å². The van der Waals surface area contributed by atoms with Gasteiger partial charge in [0, 0.05) is 37.8 Å². The molecule has 1 amide bonds. The zero-order valence-corrected chi connectivity index (χ0v) is 13.7. The molecule has 2 fully saturated rings. The Morgan fingerprint density at radius 3 is 2.83 bits per heavy atom. The first-order valence-corrected chi connectivity index (χ1v) is 8.65. The van der Waals surface area contributed by atoms with Crippen molar-refractivity contribution in [1.29, 1.82) is 0 Å². The summed E-state index contributed by atoms with van der Waals surface area (Å²) in [6.07, 6.45) is 3.32. The van der Waals surface area contributed by atoms with Crippen LogP contribution in [-0.2, 0) is 4.74 Å². The van der Waals surface area contributed by atoms with E-state index in [1.165, 1.54) is 6.42 Å². The van der Waals surface area contributed by atoms with E-state index >= 15 is 0 Å². The maximum atomic E-state index is 13.0. The second-order valence-electron chi connectivity index (χ2n) is 6.53. The van der Waals surface area contributed by atoms with Gasteiger partial charge in [0.2, 0.25) is 0 Å². The summed E-state index contributed by atoms with van der Waals surface area (Å²) in [7, 11) is 0. The fraction of sp³-hybridized carbons (Fsp3) is 0.588. The zero-order chi connectivity index (χ0) is 16.4.